The minimum Gasteiger partial charge on any atom is -0.362 e. The van der Waals surface area contributed by atoms with Crippen LogP contribution in [0.15, 0.2) is 4.99 Å². The third-order valence-corrected chi connectivity index (χ3v) is 5.83. The number of thioether (sulfide) groups is 1. The Labute approximate surface area is 136 Å². The van der Waals surface area contributed by atoms with Crippen molar-refractivity contribution in [3.05, 3.63) is 0 Å². The molecule has 2 aliphatic heterocycles. The molecule has 6 heteroatoms. The molecule has 3 aliphatic rings. The second kappa shape index (κ2) is 7.49. The minimum absolute atomic E-state index is 0.106. The van der Waals surface area contributed by atoms with Crippen molar-refractivity contribution < 1.29 is 9.59 Å². The molecule has 1 saturated heterocycles. The van der Waals surface area contributed by atoms with Crippen molar-refractivity contribution in [3.8, 4) is 0 Å². The first-order chi connectivity index (χ1) is 10.7. The van der Waals surface area contributed by atoms with Gasteiger partial charge >= 0.3 is 0 Å². The van der Waals surface area contributed by atoms with Gasteiger partial charge in [-0.05, 0) is 25.7 Å². The van der Waals surface area contributed by atoms with Gasteiger partial charge in [0.2, 0.25) is 5.91 Å². The van der Waals surface area contributed by atoms with Crippen molar-refractivity contribution >= 4 is 28.7 Å². The summed E-state index contributed by atoms with van der Waals surface area (Å²) in [5.41, 5.74) is 0. The Bertz CT molecular complexity index is 452. The molecule has 0 aromatic rings. The Kier molecular flexibility index (Phi) is 5.39. The molecule has 0 aromatic carbocycles. The summed E-state index contributed by atoms with van der Waals surface area (Å²) in [6.07, 6.45) is 9.90. The van der Waals surface area contributed by atoms with E-state index < -0.39 is 0 Å². The Morgan fingerprint density at radius 1 is 1.14 bits per heavy atom. The van der Waals surface area contributed by atoms with E-state index in [1.54, 1.807) is 0 Å². The molecule has 1 atom stereocenters. The van der Waals surface area contributed by atoms with Gasteiger partial charge in [0, 0.05) is 25.6 Å². The fraction of sp³-hybridized carbons (Fsp3) is 0.812. The summed E-state index contributed by atoms with van der Waals surface area (Å²) in [6.45, 7) is 1.69. The van der Waals surface area contributed by atoms with E-state index in [0.29, 0.717) is 12.5 Å². The van der Waals surface area contributed by atoms with E-state index in [2.05, 4.69) is 10.3 Å². The second-order valence-corrected chi connectivity index (χ2v) is 7.68. The molecule has 0 aromatic heterocycles. The van der Waals surface area contributed by atoms with Crippen molar-refractivity contribution in [1.29, 1.82) is 0 Å². The first kappa shape index (κ1) is 15.8. The van der Waals surface area contributed by atoms with Crippen LogP contribution in [0.3, 0.4) is 0 Å². The summed E-state index contributed by atoms with van der Waals surface area (Å²) in [7, 11) is 0. The van der Waals surface area contributed by atoms with Crippen LogP contribution in [0.25, 0.3) is 0 Å². The third-order valence-electron chi connectivity index (χ3n) is 4.74. The Balaban J connectivity index is 1.48. The molecule has 0 spiro atoms. The molecular weight excluding hydrogens is 298 g/mol. The summed E-state index contributed by atoms with van der Waals surface area (Å²) in [5.74, 6) is -0.0389. The number of nitrogens with zero attached hydrogens (tertiary/aromatic N) is 2. The average molecular weight is 323 g/mol. The number of amides is 2. The van der Waals surface area contributed by atoms with Crippen LogP contribution in [-0.2, 0) is 9.59 Å². The van der Waals surface area contributed by atoms with Gasteiger partial charge in [-0.2, -0.15) is 4.99 Å². The van der Waals surface area contributed by atoms with E-state index in [4.69, 9.17) is 0 Å². The largest absolute Gasteiger partial charge is 0.362 e. The fourth-order valence-corrected chi connectivity index (χ4v) is 4.46. The lowest BCUT2D eigenvalue weighted by Crippen LogP contribution is -2.33. The van der Waals surface area contributed by atoms with Crippen molar-refractivity contribution in [1.82, 2.24) is 10.2 Å². The summed E-state index contributed by atoms with van der Waals surface area (Å²) in [4.78, 5) is 30.2. The van der Waals surface area contributed by atoms with Gasteiger partial charge in [-0.1, -0.05) is 37.4 Å². The molecule has 5 nitrogen and oxygen atoms in total. The molecule has 1 aliphatic carbocycles. The number of amidine groups is 1. The molecule has 3 rings (SSSR count). The van der Waals surface area contributed by atoms with E-state index in [0.717, 1.165) is 43.9 Å². The van der Waals surface area contributed by atoms with Gasteiger partial charge in [0.15, 0.2) is 5.17 Å². The van der Waals surface area contributed by atoms with Crippen LogP contribution in [0, 0.1) is 0 Å². The average Bonchev–Trinajstić information content (AvgIpc) is 3.06. The number of carbonyl (C=O) groups is 2. The first-order valence-corrected chi connectivity index (χ1v) is 9.44. The van der Waals surface area contributed by atoms with E-state index in [1.165, 1.54) is 37.4 Å². The second-order valence-electron chi connectivity index (χ2n) is 6.49. The number of nitrogens with one attached hydrogen (secondary N) is 1. The van der Waals surface area contributed by atoms with Crippen LogP contribution >= 0.6 is 11.8 Å². The smallest absolute Gasteiger partial charge is 0.262 e. The zero-order chi connectivity index (χ0) is 15.4. The lowest BCUT2D eigenvalue weighted by Gasteiger charge is -2.18. The highest BCUT2D eigenvalue weighted by atomic mass is 32.2. The topological polar surface area (TPSA) is 61.8 Å². The zero-order valence-corrected chi connectivity index (χ0v) is 13.9. The standard InChI is InChI=1S/C16H25N3O2S/c20-14(19-9-5-6-10-19)11-13-15(21)18-16(22-13)17-12-7-3-1-2-4-8-12/h12-13H,1-11H2,(H,17,18,21). The van der Waals surface area contributed by atoms with Gasteiger partial charge in [-0.25, -0.2) is 0 Å². The van der Waals surface area contributed by atoms with Crippen LogP contribution in [0.1, 0.15) is 57.8 Å². The Morgan fingerprint density at radius 2 is 1.82 bits per heavy atom. The molecule has 2 fully saturated rings. The predicted octanol–water partition coefficient (Wildman–Crippen LogP) is 2.31. The molecule has 0 bridgehead atoms. The summed E-state index contributed by atoms with van der Waals surface area (Å²) < 4.78 is 0. The van der Waals surface area contributed by atoms with Gasteiger partial charge < -0.3 is 10.2 Å². The summed E-state index contributed by atoms with van der Waals surface area (Å²) in [6, 6.07) is 0.439. The highest BCUT2D eigenvalue weighted by molar-refractivity contribution is 8.15. The predicted molar refractivity (Wildman–Crippen MR) is 88.9 cm³/mol. The van der Waals surface area contributed by atoms with E-state index in [9.17, 15) is 9.59 Å². The molecule has 1 saturated carbocycles. The summed E-state index contributed by atoms with van der Waals surface area (Å²) >= 11 is 1.45. The van der Waals surface area contributed by atoms with Crippen molar-refractivity contribution in [3.63, 3.8) is 0 Å². The van der Waals surface area contributed by atoms with Crippen LogP contribution in [0.5, 0.6) is 0 Å². The molecule has 0 radical (unpaired) electrons. The van der Waals surface area contributed by atoms with Crippen LogP contribution in [-0.4, -0.2) is 46.3 Å². The van der Waals surface area contributed by atoms with E-state index in [1.807, 2.05) is 4.90 Å². The maximum Gasteiger partial charge on any atom is 0.262 e. The highest BCUT2D eigenvalue weighted by Crippen LogP contribution is 2.27. The monoisotopic (exact) mass is 323 g/mol. The van der Waals surface area contributed by atoms with Crippen molar-refractivity contribution in [2.75, 3.05) is 13.1 Å². The molecule has 2 heterocycles. The van der Waals surface area contributed by atoms with Gasteiger partial charge in [-0.15, -0.1) is 0 Å². The highest BCUT2D eigenvalue weighted by Gasteiger charge is 2.33. The van der Waals surface area contributed by atoms with Gasteiger partial charge in [0.1, 0.15) is 5.25 Å². The Morgan fingerprint density at radius 3 is 2.50 bits per heavy atom. The number of hydrogen-bond acceptors (Lipinski definition) is 4. The molecule has 1 unspecified atom stereocenters. The van der Waals surface area contributed by atoms with Crippen LogP contribution in [0.4, 0.5) is 0 Å². The van der Waals surface area contributed by atoms with E-state index in [-0.39, 0.29) is 17.1 Å². The molecule has 2 amide bonds. The van der Waals surface area contributed by atoms with Gasteiger partial charge in [0.05, 0.1) is 0 Å². The lowest BCUT2D eigenvalue weighted by atomic mass is 10.1. The fourth-order valence-electron chi connectivity index (χ4n) is 3.43. The number of carbonyl (C=O) groups excluding carboxylic acids is 2. The maximum absolute atomic E-state index is 12.2. The molecule has 1 N–H and O–H groups in total. The quantitative estimate of drug-likeness (QED) is 0.810. The lowest BCUT2D eigenvalue weighted by molar-refractivity contribution is -0.131. The maximum atomic E-state index is 12.2. The minimum atomic E-state index is -0.318. The molecule has 22 heavy (non-hydrogen) atoms. The Hall–Kier alpha value is -1.04. The number of likely N-dealkylation sites (tertiary alicyclic amines) is 1. The summed E-state index contributed by atoms with van der Waals surface area (Å²) in [5, 5.41) is 3.84. The van der Waals surface area contributed by atoms with E-state index >= 15 is 0 Å². The van der Waals surface area contributed by atoms with Gasteiger partial charge in [0.25, 0.3) is 5.91 Å². The van der Waals surface area contributed by atoms with Crippen molar-refractivity contribution in [2.45, 2.75) is 69.1 Å². The third kappa shape index (κ3) is 4.03. The van der Waals surface area contributed by atoms with Crippen LogP contribution in [0.2, 0.25) is 0 Å². The molecular formula is C16H25N3O2S. The van der Waals surface area contributed by atoms with Crippen LogP contribution < -0.4 is 5.32 Å². The molecule has 122 valence electrons. The van der Waals surface area contributed by atoms with Crippen molar-refractivity contribution in [2.24, 2.45) is 4.99 Å². The van der Waals surface area contributed by atoms with Gasteiger partial charge in [-0.3, -0.25) is 9.59 Å². The number of hydrogen-bond donors (Lipinski definition) is 1. The first-order valence-electron chi connectivity index (χ1n) is 8.56. The SMILES string of the molecule is O=C1N=C(NC2CCCCCC2)SC1CC(=O)N1CCCC1. The number of rotatable bonds is 3. The number of aliphatic imine (C=N–C) groups is 1. The normalized spacial score (nSPS) is 26.9. The zero-order valence-electron chi connectivity index (χ0n) is 13.1.